The van der Waals surface area contributed by atoms with Gasteiger partial charge in [-0.1, -0.05) is 58.8 Å². The van der Waals surface area contributed by atoms with Crippen molar-refractivity contribution < 1.29 is 38.3 Å². The average Bonchev–Trinajstić information content (AvgIpc) is 3.87. The van der Waals surface area contributed by atoms with Crippen LogP contribution in [0.1, 0.15) is 104 Å². The largest absolute Gasteiger partial charge is 0.449 e. The van der Waals surface area contributed by atoms with Gasteiger partial charge in [0.2, 0.25) is 23.5 Å². The van der Waals surface area contributed by atoms with Gasteiger partial charge in [0.1, 0.15) is 12.1 Å². The molecular formula is C34H51N5O8. The molecule has 13 heteroatoms. The molecule has 1 unspecified atom stereocenters. The van der Waals surface area contributed by atoms with Crippen molar-refractivity contribution in [2.24, 2.45) is 23.7 Å². The molecule has 0 aromatic heterocycles. The number of ether oxygens (including phenoxy) is 1. The number of Topliss-reactive ketones (excluding diaryl/α,β-unsaturated/α-hetero) is 2. The van der Waals surface area contributed by atoms with Gasteiger partial charge < -0.3 is 31.3 Å². The normalized spacial score (nSPS) is 19.4. The fourth-order valence-electron chi connectivity index (χ4n) is 5.97. The molecule has 4 saturated carbocycles. The fraction of sp³-hybridized carbons (Fsp3) is 0.735. The Morgan fingerprint density at radius 3 is 1.91 bits per heavy atom. The van der Waals surface area contributed by atoms with Crippen molar-refractivity contribution in [1.82, 2.24) is 26.6 Å². The van der Waals surface area contributed by atoms with E-state index in [1.807, 2.05) is 13.8 Å². The van der Waals surface area contributed by atoms with Gasteiger partial charge in [0.15, 0.2) is 5.78 Å². The van der Waals surface area contributed by atoms with Gasteiger partial charge in [-0.3, -0.25) is 28.8 Å². The van der Waals surface area contributed by atoms with E-state index >= 15 is 0 Å². The Morgan fingerprint density at radius 2 is 1.36 bits per heavy atom. The van der Waals surface area contributed by atoms with Gasteiger partial charge in [0.25, 0.3) is 5.91 Å². The highest BCUT2D eigenvalue weighted by atomic mass is 16.5. The number of amides is 5. The lowest BCUT2D eigenvalue weighted by Crippen LogP contribution is -2.58. The zero-order valence-corrected chi connectivity index (χ0v) is 27.9. The third kappa shape index (κ3) is 12.1. The topological polar surface area (TPSA) is 189 Å². The molecule has 0 heterocycles. The number of ketones is 2. The van der Waals surface area contributed by atoms with Gasteiger partial charge in [0, 0.05) is 6.92 Å². The van der Waals surface area contributed by atoms with Crippen LogP contribution in [-0.2, 0) is 33.5 Å². The minimum Gasteiger partial charge on any atom is -0.449 e. The number of allylic oxidation sites excluding steroid dienone is 2. The smallest absolute Gasteiger partial charge is 0.407 e. The van der Waals surface area contributed by atoms with E-state index in [0.717, 1.165) is 76.2 Å². The van der Waals surface area contributed by atoms with Crippen molar-refractivity contribution in [1.29, 1.82) is 0 Å². The first-order valence-corrected chi connectivity index (χ1v) is 17.3. The van der Waals surface area contributed by atoms with Gasteiger partial charge in [-0.05, 0) is 67.8 Å². The Kier molecular flexibility index (Phi) is 12.9. The Bertz CT molecular complexity index is 1240. The first-order chi connectivity index (χ1) is 22.4. The van der Waals surface area contributed by atoms with Crippen molar-refractivity contribution in [2.75, 3.05) is 13.2 Å². The number of hydrogen-bond donors (Lipinski definition) is 5. The summed E-state index contributed by atoms with van der Waals surface area (Å²) in [5.41, 5.74) is 1.08. The third-order valence-corrected chi connectivity index (χ3v) is 9.13. The van der Waals surface area contributed by atoms with Crippen LogP contribution in [-0.4, -0.2) is 72.6 Å². The highest BCUT2D eigenvalue weighted by Crippen LogP contribution is 2.35. The van der Waals surface area contributed by atoms with Crippen molar-refractivity contribution in [3.63, 3.8) is 0 Å². The lowest BCUT2D eigenvalue weighted by molar-refractivity contribution is -0.141. The zero-order valence-electron chi connectivity index (χ0n) is 27.9. The standard InChI is InChI=1S/C34H51N5O8/c1-19(2)18-47-34(46)39-29(23-7-5-4-6-8-23)32(44)37-26(16-22-11-12-22)31(43)36-25(15-21-9-10-21)30(42)33(45)35-17-27(41)38-28(20(3)40)24-13-14-24/h19,21-23,25-26,29H,4-18H2,1-3H3,(H,35,45)(H,36,43)(H,37,44)(H,38,41)(H,39,46)/t25?,26-,29-/m0/s1. The number of alkyl carbamates (subject to hydrolysis) is 1. The summed E-state index contributed by atoms with van der Waals surface area (Å²) in [5, 5.41) is 13.2. The average molecular weight is 658 g/mol. The third-order valence-electron chi connectivity index (χ3n) is 9.13. The van der Waals surface area contributed by atoms with Crippen LogP contribution in [0.5, 0.6) is 0 Å². The van der Waals surface area contributed by atoms with Crippen molar-refractivity contribution in [2.45, 2.75) is 122 Å². The number of hydrogen-bond acceptors (Lipinski definition) is 8. The van der Waals surface area contributed by atoms with Gasteiger partial charge in [-0.15, -0.1) is 0 Å². The fourth-order valence-corrected chi connectivity index (χ4v) is 5.97. The molecule has 0 aliphatic heterocycles. The lowest BCUT2D eigenvalue weighted by Gasteiger charge is -2.31. The summed E-state index contributed by atoms with van der Waals surface area (Å²) in [6.45, 7) is 4.89. The van der Waals surface area contributed by atoms with Crippen molar-refractivity contribution >= 4 is 41.3 Å². The number of carbonyl (C=O) groups is 7. The van der Waals surface area contributed by atoms with Crippen molar-refractivity contribution in [3.8, 4) is 0 Å². The monoisotopic (exact) mass is 657 g/mol. The highest BCUT2D eigenvalue weighted by Gasteiger charge is 2.39. The molecule has 0 aromatic rings. The molecular weight excluding hydrogens is 606 g/mol. The summed E-state index contributed by atoms with van der Waals surface area (Å²) in [4.78, 5) is 90.3. The molecule has 4 aliphatic rings. The highest BCUT2D eigenvalue weighted by molar-refractivity contribution is 6.38. The molecule has 47 heavy (non-hydrogen) atoms. The van der Waals surface area contributed by atoms with E-state index in [1.54, 1.807) is 0 Å². The molecule has 0 bridgehead atoms. The summed E-state index contributed by atoms with van der Waals surface area (Å²) >= 11 is 0. The summed E-state index contributed by atoms with van der Waals surface area (Å²) < 4.78 is 5.30. The summed E-state index contributed by atoms with van der Waals surface area (Å²) in [6, 6.07) is -2.96. The number of rotatable bonds is 18. The first-order valence-electron chi connectivity index (χ1n) is 17.3. The molecule has 5 amide bonds. The minimum absolute atomic E-state index is 0.0999. The van der Waals surface area contributed by atoms with Crippen LogP contribution in [0, 0.1) is 23.7 Å². The van der Waals surface area contributed by atoms with Crippen LogP contribution in [0.3, 0.4) is 0 Å². The van der Waals surface area contributed by atoms with E-state index in [-0.39, 0.29) is 48.2 Å². The Balaban J connectivity index is 1.38. The van der Waals surface area contributed by atoms with Crippen LogP contribution in [0.15, 0.2) is 11.3 Å². The van der Waals surface area contributed by atoms with Crippen LogP contribution in [0.2, 0.25) is 0 Å². The Morgan fingerprint density at radius 1 is 0.766 bits per heavy atom. The lowest BCUT2D eigenvalue weighted by atomic mass is 9.83. The van der Waals surface area contributed by atoms with Gasteiger partial charge in [0.05, 0.1) is 24.9 Å². The SMILES string of the molecule is CC(=O)C(NC(=O)CNC(=O)C(=O)C(CC1CC1)NC(=O)[C@H](CC1CC1)NC(=O)[C@@H](NC(=O)OCC(C)C)C1CCCCC1)=C1CC1. The van der Waals surface area contributed by atoms with E-state index in [0.29, 0.717) is 6.42 Å². The summed E-state index contributed by atoms with van der Waals surface area (Å²) in [7, 11) is 0. The maximum Gasteiger partial charge on any atom is 0.407 e. The van der Waals surface area contributed by atoms with Crippen LogP contribution < -0.4 is 26.6 Å². The predicted octanol–water partition coefficient (Wildman–Crippen LogP) is 2.33. The number of carbonyl (C=O) groups excluding carboxylic acids is 7. The Labute approximate surface area is 276 Å². The van der Waals surface area contributed by atoms with Gasteiger partial charge in [-0.25, -0.2) is 4.79 Å². The quantitative estimate of drug-likeness (QED) is 0.110. The van der Waals surface area contributed by atoms with Crippen LogP contribution >= 0.6 is 0 Å². The molecule has 4 rings (SSSR count). The molecule has 4 aliphatic carbocycles. The second-order valence-electron chi connectivity index (χ2n) is 14.1. The van der Waals surface area contributed by atoms with E-state index in [9.17, 15) is 33.6 Å². The molecule has 4 fully saturated rings. The summed E-state index contributed by atoms with van der Waals surface area (Å²) in [5.74, 6) is -3.39. The Hall–Kier alpha value is -3.77. The van der Waals surface area contributed by atoms with Crippen molar-refractivity contribution in [3.05, 3.63) is 11.3 Å². The maximum absolute atomic E-state index is 13.7. The molecule has 0 radical (unpaired) electrons. The summed E-state index contributed by atoms with van der Waals surface area (Å²) in [6.07, 6.45) is 9.46. The van der Waals surface area contributed by atoms with E-state index in [4.69, 9.17) is 4.74 Å². The zero-order chi connectivity index (χ0) is 34.1. The van der Waals surface area contributed by atoms with Crippen LogP contribution in [0.4, 0.5) is 4.79 Å². The molecule has 3 atom stereocenters. The maximum atomic E-state index is 13.7. The van der Waals surface area contributed by atoms with Gasteiger partial charge >= 0.3 is 6.09 Å². The van der Waals surface area contributed by atoms with E-state index in [1.165, 1.54) is 6.92 Å². The number of nitrogens with one attached hydrogen (secondary N) is 5. The van der Waals surface area contributed by atoms with Gasteiger partial charge in [-0.2, -0.15) is 0 Å². The van der Waals surface area contributed by atoms with E-state index < -0.39 is 60.2 Å². The second-order valence-corrected chi connectivity index (χ2v) is 14.1. The van der Waals surface area contributed by atoms with E-state index in [2.05, 4.69) is 26.6 Å². The van der Waals surface area contributed by atoms with Crippen LogP contribution in [0.25, 0.3) is 0 Å². The molecule has 0 spiro atoms. The first kappa shape index (κ1) is 36.1. The second kappa shape index (κ2) is 16.9. The minimum atomic E-state index is -1.13. The molecule has 260 valence electrons. The molecule has 13 nitrogen and oxygen atoms in total. The molecule has 0 aromatic carbocycles. The predicted molar refractivity (Wildman–Crippen MR) is 171 cm³/mol. The molecule has 5 N–H and O–H groups in total. The molecule has 0 saturated heterocycles.